The van der Waals surface area contributed by atoms with Crippen molar-refractivity contribution in [2.45, 2.75) is 103 Å². The second-order valence-corrected chi connectivity index (χ2v) is 11.3. The van der Waals surface area contributed by atoms with Gasteiger partial charge in [0.15, 0.2) is 0 Å². The van der Waals surface area contributed by atoms with Crippen LogP contribution in [0.15, 0.2) is 48.5 Å². The quantitative estimate of drug-likeness (QED) is 0.358. The van der Waals surface area contributed by atoms with Gasteiger partial charge in [0.1, 0.15) is 5.82 Å². The van der Waals surface area contributed by atoms with Gasteiger partial charge >= 0.3 is 0 Å². The van der Waals surface area contributed by atoms with E-state index in [1.54, 1.807) is 6.07 Å². The molecule has 33 heavy (non-hydrogen) atoms. The summed E-state index contributed by atoms with van der Waals surface area (Å²) >= 11 is 0. The minimum Gasteiger partial charge on any atom is -0.207 e. The van der Waals surface area contributed by atoms with Gasteiger partial charge in [0, 0.05) is 0 Å². The van der Waals surface area contributed by atoms with E-state index >= 15 is 0 Å². The molecule has 0 aromatic heterocycles. The highest BCUT2D eigenvalue weighted by Crippen LogP contribution is 2.44. The molecule has 0 amide bonds. The summed E-state index contributed by atoms with van der Waals surface area (Å²) in [5.74, 6) is 4.43. The molecule has 2 aliphatic carbocycles. The normalized spacial score (nSPS) is 26.8. The van der Waals surface area contributed by atoms with Gasteiger partial charge in [-0.25, -0.2) is 4.39 Å². The van der Waals surface area contributed by atoms with Crippen molar-refractivity contribution < 1.29 is 4.39 Å². The fraction of sp³-hybridized carbons (Fsp3) is 0.625. The molecule has 0 aliphatic heterocycles. The Labute approximate surface area is 202 Å². The second kappa shape index (κ2) is 12.2. The molecule has 2 saturated carbocycles. The molecule has 0 N–H and O–H groups in total. The van der Waals surface area contributed by atoms with Crippen LogP contribution >= 0.6 is 0 Å². The van der Waals surface area contributed by atoms with Gasteiger partial charge in [-0.3, -0.25) is 0 Å². The lowest BCUT2D eigenvalue weighted by Crippen LogP contribution is -2.26. The Bertz CT molecular complexity index is 825. The Balaban J connectivity index is 1.15. The molecule has 0 heterocycles. The second-order valence-electron chi connectivity index (χ2n) is 11.3. The zero-order chi connectivity index (χ0) is 23.0. The predicted octanol–water partition coefficient (Wildman–Crippen LogP) is 9.52. The third-order valence-electron chi connectivity index (χ3n) is 8.98. The number of hydrogen-bond acceptors (Lipinski definition) is 0. The average Bonchev–Trinajstić information content (AvgIpc) is 2.86. The summed E-state index contributed by atoms with van der Waals surface area (Å²) in [5.41, 5.74) is 3.58. The fourth-order valence-corrected chi connectivity index (χ4v) is 6.85. The van der Waals surface area contributed by atoms with Gasteiger partial charge in [-0.05, 0) is 104 Å². The fourth-order valence-electron chi connectivity index (χ4n) is 6.85. The van der Waals surface area contributed by atoms with Gasteiger partial charge < -0.3 is 0 Å². The Morgan fingerprint density at radius 1 is 0.788 bits per heavy atom. The van der Waals surface area contributed by atoms with Crippen LogP contribution in [0.5, 0.6) is 0 Å². The summed E-state index contributed by atoms with van der Waals surface area (Å²) < 4.78 is 14.2. The van der Waals surface area contributed by atoms with E-state index < -0.39 is 0 Å². The standard InChI is InChI=1S/C32H45F/c1-3-7-31-21-16-27(23-32(31)33)11-10-25-12-17-29(18-13-25)30-19-14-26(15-20-30)22-24(2)28-8-5-4-6-9-28/h4-6,8-9,16,21,23-26,29-30H,3,7,10-15,17-20,22H2,1-2H3/t24-,25?,26?,29?,30?/m0/s1. The zero-order valence-electron chi connectivity index (χ0n) is 21.1. The van der Waals surface area contributed by atoms with Gasteiger partial charge in [0.05, 0.1) is 0 Å². The van der Waals surface area contributed by atoms with Gasteiger partial charge in [-0.2, -0.15) is 0 Å². The van der Waals surface area contributed by atoms with Crippen molar-refractivity contribution in [2.75, 3.05) is 0 Å². The van der Waals surface area contributed by atoms with Crippen molar-refractivity contribution in [2.24, 2.45) is 23.7 Å². The molecule has 2 aromatic rings. The number of halogens is 1. The predicted molar refractivity (Wildman–Crippen MR) is 139 cm³/mol. The molecule has 0 spiro atoms. The van der Waals surface area contributed by atoms with Crippen molar-refractivity contribution in [3.05, 3.63) is 71.0 Å². The first kappa shape index (κ1) is 24.5. The number of hydrogen-bond donors (Lipinski definition) is 0. The minimum atomic E-state index is 0.00632. The molecule has 180 valence electrons. The monoisotopic (exact) mass is 448 g/mol. The van der Waals surface area contributed by atoms with Crippen LogP contribution in [0.1, 0.15) is 107 Å². The van der Waals surface area contributed by atoms with E-state index in [-0.39, 0.29) is 5.82 Å². The van der Waals surface area contributed by atoms with Crippen LogP contribution in [0.25, 0.3) is 0 Å². The van der Waals surface area contributed by atoms with E-state index in [4.69, 9.17) is 0 Å². The molecule has 0 nitrogen and oxygen atoms in total. The summed E-state index contributed by atoms with van der Waals surface area (Å²) in [6, 6.07) is 17.1. The maximum Gasteiger partial charge on any atom is 0.126 e. The summed E-state index contributed by atoms with van der Waals surface area (Å²) in [7, 11) is 0. The molecule has 0 unspecified atom stereocenters. The maximum absolute atomic E-state index is 14.2. The summed E-state index contributed by atoms with van der Waals surface area (Å²) in [6.45, 7) is 4.53. The minimum absolute atomic E-state index is 0.00632. The molecule has 0 bridgehead atoms. The highest BCUT2D eigenvalue weighted by atomic mass is 19.1. The highest BCUT2D eigenvalue weighted by Gasteiger charge is 2.31. The van der Waals surface area contributed by atoms with E-state index in [1.165, 1.54) is 75.3 Å². The van der Waals surface area contributed by atoms with Crippen molar-refractivity contribution in [3.8, 4) is 0 Å². The van der Waals surface area contributed by atoms with Crippen molar-refractivity contribution >= 4 is 0 Å². The molecule has 1 heteroatoms. The highest BCUT2D eigenvalue weighted by molar-refractivity contribution is 5.24. The van der Waals surface area contributed by atoms with Gasteiger partial charge in [0.25, 0.3) is 0 Å². The SMILES string of the molecule is CCCc1ccc(CCC2CCC(C3CCC(C[C@H](C)c4ccccc4)CC3)CC2)cc1F. The van der Waals surface area contributed by atoms with Crippen LogP contribution in [0.2, 0.25) is 0 Å². The molecular formula is C32H45F. The van der Waals surface area contributed by atoms with Gasteiger partial charge in [-0.1, -0.05) is 88.4 Å². The first-order chi connectivity index (χ1) is 16.1. The largest absolute Gasteiger partial charge is 0.207 e. The van der Waals surface area contributed by atoms with E-state index in [1.807, 2.05) is 6.07 Å². The smallest absolute Gasteiger partial charge is 0.126 e. The Morgan fingerprint density at radius 3 is 2.03 bits per heavy atom. The Kier molecular flexibility index (Phi) is 9.04. The number of aryl methyl sites for hydroxylation is 2. The van der Waals surface area contributed by atoms with E-state index in [0.717, 1.165) is 48.5 Å². The van der Waals surface area contributed by atoms with Crippen LogP contribution in [-0.4, -0.2) is 0 Å². The van der Waals surface area contributed by atoms with Crippen LogP contribution < -0.4 is 0 Å². The topological polar surface area (TPSA) is 0 Å². The summed E-state index contributed by atoms with van der Waals surface area (Å²) in [5, 5.41) is 0. The lowest BCUT2D eigenvalue weighted by atomic mass is 9.67. The third-order valence-corrected chi connectivity index (χ3v) is 8.98. The average molecular weight is 449 g/mol. The number of rotatable bonds is 9. The van der Waals surface area contributed by atoms with Crippen LogP contribution in [0.4, 0.5) is 4.39 Å². The maximum atomic E-state index is 14.2. The summed E-state index contributed by atoms with van der Waals surface area (Å²) in [4.78, 5) is 0. The van der Waals surface area contributed by atoms with Gasteiger partial charge in [-0.15, -0.1) is 0 Å². The van der Waals surface area contributed by atoms with Crippen LogP contribution in [0, 0.1) is 29.5 Å². The molecule has 2 aliphatic rings. The third kappa shape index (κ3) is 6.93. The lowest BCUT2D eigenvalue weighted by Gasteiger charge is -2.38. The molecular weight excluding hydrogens is 403 g/mol. The van der Waals surface area contributed by atoms with Crippen LogP contribution in [-0.2, 0) is 12.8 Å². The van der Waals surface area contributed by atoms with Gasteiger partial charge in [0.2, 0.25) is 0 Å². The Morgan fingerprint density at radius 2 is 1.42 bits per heavy atom. The van der Waals surface area contributed by atoms with Crippen molar-refractivity contribution in [1.82, 2.24) is 0 Å². The molecule has 0 radical (unpaired) electrons. The van der Waals surface area contributed by atoms with Crippen molar-refractivity contribution in [3.63, 3.8) is 0 Å². The van der Waals surface area contributed by atoms with E-state index in [9.17, 15) is 4.39 Å². The molecule has 0 saturated heterocycles. The van der Waals surface area contributed by atoms with E-state index in [0.29, 0.717) is 5.92 Å². The zero-order valence-corrected chi connectivity index (χ0v) is 21.1. The lowest BCUT2D eigenvalue weighted by molar-refractivity contribution is 0.139. The van der Waals surface area contributed by atoms with Crippen LogP contribution in [0.3, 0.4) is 0 Å². The Hall–Kier alpha value is -1.63. The molecule has 1 atom stereocenters. The molecule has 4 rings (SSSR count). The van der Waals surface area contributed by atoms with E-state index in [2.05, 4.69) is 50.2 Å². The first-order valence-electron chi connectivity index (χ1n) is 13.9. The first-order valence-corrected chi connectivity index (χ1v) is 13.9. The molecule has 2 fully saturated rings. The van der Waals surface area contributed by atoms with Crippen molar-refractivity contribution in [1.29, 1.82) is 0 Å². The number of benzene rings is 2. The summed E-state index contributed by atoms with van der Waals surface area (Å²) in [6.07, 6.45) is 17.0. The molecule has 2 aromatic carbocycles.